The molecule has 120 valence electrons. The van der Waals surface area contributed by atoms with Crippen LogP contribution in [0, 0.1) is 10.1 Å². The van der Waals surface area contributed by atoms with Crippen molar-refractivity contribution in [3.63, 3.8) is 0 Å². The number of methoxy groups -OCH3 is 1. The number of non-ortho nitro benzene ring substituents is 1. The normalized spacial score (nSPS) is 11.5. The summed E-state index contributed by atoms with van der Waals surface area (Å²) in [5.74, 6) is -0.595. The topological polar surface area (TPSA) is 119 Å². The first-order chi connectivity index (χ1) is 10.8. The molecule has 2 rings (SSSR count). The molecule has 0 saturated carbocycles. The summed E-state index contributed by atoms with van der Waals surface area (Å²) in [6, 6.07) is 9.48. The van der Waals surface area contributed by atoms with Gasteiger partial charge in [0.1, 0.15) is 0 Å². The molecule has 0 radical (unpaired) electrons. The molecule has 1 N–H and O–H groups in total. The Hall–Kier alpha value is -2.94. The Morgan fingerprint density at radius 1 is 1.26 bits per heavy atom. The number of hydrogen-bond donors (Lipinski definition) is 1. The van der Waals surface area contributed by atoms with Crippen LogP contribution in [0.25, 0.3) is 0 Å². The summed E-state index contributed by atoms with van der Waals surface area (Å²) < 4.78 is 32.4. The third-order valence-electron chi connectivity index (χ3n) is 2.89. The average Bonchev–Trinajstić information content (AvgIpc) is 2.54. The van der Waals surface area contributed by atoms with Crippen molar-refractivity contribution in [1.29, 1.82) is 0 Å². The van der Waals surface area contributed by atoms with Gasteiger partial charge in [-0.2, -0.15) is 12.8 Å². The summed E-state index contributed by atoms with van der Waals surface area (Å²) in [5, 5.41) is 20.8. The minimum absolute atomic E-state index is 0.0341. The number of phenols is 1. The third kappa shape index (κ3) is 3.64. The largest absolute Gasteiger partial charge is 0.504 e. The molecule has 0 aliphatic heterocycles. The highest BCUT2D eigenvalue weighted by atomic mass is 32.2. The summed E-state index contributed by atoms with van der Waals surface area (Å²) in [5.41, 5.74) is -0.506. The van der Waals surface area contributed by atoms with E-state index < -0.39 is 20.7 Å². The lowest BCUT2D eigenvalue weighted by Gasteiger charge is -2.06. The summed E-state index contributed by atoms with van der Waals surface area (Å²) in [6.45, 7) is 0. The first-order valence-electron chi connectivity index (χ1n) is 6.26. The lowest BCUT2D eigenvalue weighted by molar-refractivity contribution is -0.385. The number of nitro benzene ring substituents is 1. The van der Waals surface area contributed by atoms with E-state index >= 15 is 0 Å². The maximum Gasteiger partial charge on any atom is 0.282 e. The SMILES string of the molecule is COc1cc([N+](=O)[O-])cc(/C=N\S(=O)(=O)c2ccccc2)c1O. The molecule has 2 aromatic rings. The molecular weight excluding hydrogens is 324 g/mol. The second kappa shape index (κ2) is 6.44. The molecular formula is C14H12N2O6S. The van der Waals surface area contributed by atoms with Crippen molar-refractivity contribution >= 4 is 21.9 Å². The van der Waals surface area contributed by atoms with Crippen LogP contribution in [-0.2, 0) is 10.0 Å². The quantitative estimate of drug-likeness (QED) is 0.507. The van der Waals surface area contributed by atoms with Gasteiger partial charge in [-0.1, -0.05) is 18.2 Å². The Kier molecular flexibility index (Phi) is 4.60. The number of phenolic OH excluding ortho intramolecular Hbond substituents is 1. The number of nitrogens with zero attached hydrogens (tertiary/aromatic N) is 2. The molecule has 23 heavy (non-hydrogen) atoms. The van der Waals surface area contributed by atoms with E-state index in [4.69, 9.17) is 4.74 Å². The van der Waals surface area contributed by atoms with E-state index in [0.717, 1.165) is 18.3 Å². The molecule has 0 spiro atoms. The van der Waals surface area contributed by atoms with Crippen molar-refractivity contribution in [3.8, 4) is 11.5 Å². The van der Waals surface area contributed by atoms with E-state index in [2.05, 4.69) is 4.40 Å². The molecule has 2 aromatic carbocycles. The second-order valence-corrected chi connectivity index (χ2v) is 6.00. The third-order valence-corrected chi connectivity index (χ3v) is 4.14. The van der Waals surface area contributed by atoms with E-state index in [1.807, 2.05) is 0 Å². The van der Waals surface area contributed by atoms with Gasteiger partial charge in [0, 0.05) is 11.6 Å². The van der Waals surface area contributed by atoms with E-state index in [-0.39, 0.29) is 21.9 Å². The van der Waals surface area contributed by atoms with Crippen molar-refractivity contribution in [2.45, 2.75) is 4.90 Å². The Morgan fingerprint density at radius 2 is 1.91 bits per heavy atom. The first-order valence-corrected chi connectivity index (χ1v) is 7.70. The highest BCUT2D eigenvalue weighted by Gasteiger charge is 2.17. The molecule has 0 unspecified atom stereocenters. The van der Waals surface area contributed by atoms with Crippen molar-refractivity contribution in [1.82, 2.24) is 0 Å². The van der Waals surface area contributed by atoms with E-state index in [1.54, 1.807) is 6.07 Å². The number of hydrogen-bond acceptors (Lipinski definition) is 6. The number of benzene rings is 2. The van der Waals surface area contributed by atoms with Gasteiger partial charge in [-0.05, 0) is 12.1 Å². The highest BCUT2D eigenvalue weighted by Crippen LogP contribution is 2.33. The maximum atomic E-state index is 12.0. The van der Waals surface area contributed by atoms with Gasteiger partial charge in [-0.3, -0.25) is 10.1 Å². The molecule has 0 bridgehead atoms. The summed E-state index contributed by atoms with van der Waals surface area (Å²) >= 11 is 0. The van der Waals surface area contributed by atoms with Crippen molar-refractivity contribution < 1.29 is 23.2 Å². The van der Waals surface area contributed by atoms with Crippen LogP contribution in [-0.4, -0.2) is 31.8 Å². The molecule has 0 atom stereocenters. The number of aromatic hydroxyl groups is 1. The zero-order valence-corrected chi connectivity index (χ0v) is 12.7. The smallest absolute Gasteiger partial charge is 0.282 e. The van der Waals surface area contributed by atoms with Gasteiger partial charge >= 0.3 is 0 Å². The molecule has 0 heterocycles. The fraction of sp³-hybridized carbons (Fsp3) is 0.0714. The molecule has 0 aliphatic rings. The Labute approximate surface area is 131 Å². The average molecular weight is 336 g/mol. The van der Waals surface area contributed by atoms with Gasteiger partial charge in [0.2, 0.25) is 0 Å². The predicted molar refractivity (Wildman–Crippen MR) is 82.5 cm³/mol. The lowest BCUT2D eigenvalue weighted by atomic mass is 10.2. The predicted octanol–water partition coefficient (Wildman–Crippen LogP) is 2.12. The van der Waals surface area contributed by atoms with Crippen LogP contribution in [0.1, 0.15) is 5.56 Å². The molecule has 0 amide bonds. The highest BCUT2D eigenvalue weighted by molar-refractivity contribution is 7.90. The van der Waals surface area contributed by atoms with Crippen molar-refractivity contribution in [2.75, 3.05) is 7.11 Å². The molecule has 0 aliphatic carbocycles. The van der Waals surface area contributed by atoms with E-state index in [0.29, 0.717) is 0 Å². The molecule has 9 heteroatoms. The van der Waals surface area contributed by atoms with Crippen LogP contribution >= 0.6 is 0 Å². The van der Waals surface area contributed by atoms with Gasteiger partial charge in [0.25, 0.3) is 15.7 Å². The Morgan fingerprint density at radius 3 is 2.48 bits per heavy atom. The standard InChI is InChI=1S/C14H12N2O6S/c1-22-13-8-11(16(18)19)7-10(14(13)17)9-15-23(20,21)12-5-3-2-4-6-12/h2-9,17H,1H3/b15-9-. The van der Waals surface area contributed by atoms with E-state index in [1.165, 1.54) is 31.4 Å². The van der Waals surface area contributed by atoms with Gasteiger partial charge in [-0.15, -0.1) is 0 Å². The van der Waals surface area contributed by atoms with Gasteiger partial charge in [0.15, 0.2) is 11.5 Å². The number of rotatable bonds is 5. The minimum atomic E-state index is -3.98. The zero-order chi connectivity index (χ0) is 17.0. The van der Waals surface area contributed by atoms with Crippen LogP contribution in [0.2, 0.25) is 0 Å². The monoisotopic (exact) mass is 336 g/mol. The molecule has 8 nitrogen and oxygen atoms in total. The van der Waals surface area contributed by atoms with Crippen LogP contribution in [0.15, 0.2) is 51.8 Å². The number of ether oxygens (including phenoxy) is 1. The van der Waals surface area contributed by atoms with E-state index in [9.17, 15) is 23.6 Å². The van der Waals surface area contributed by atoms with Crippen LogP contribution < -0.4 is 4.74 Å². The molecule has 0 saturated heterocycles. The van der Waals surface area contributed by atoms with Gasteiger partial charge < -0.3 is 9.84 Å². The summed E-state index contributed by atoms with van der Waals surface area (Å²) in [6.07, 6.45) is 0.840. The summed E-state index contributed by atoms with van der Waals surface area (Å²) in [4.78, 5) is 10.1. The lowest BCUT2D eigenvalue weighted by Crippen LogP contribution is -1.99. The first kappa shape index (κ1) is 16.4. The van der Waals surface area contributed by atoms with Gasteiger partial charge in [0.05, 0.1) is 29.2 Å². The number of nitro groups is 1. The van der Waals surface area contributed by atoms with Crippen molar-refractivity contribution in [2.24, 2.45) is 4.40 Å². The minimum Gasteiger partial charge on any atom is -0.504 e. The van der Waals surface area contributed by atoms with Gasteiger partial charge in [-0.25, -0.2) is 0 Å². The zero-order valence-electron chi connectivity index (χ0n) is 11.9. The van der Waals surface area contributed by atoms with Crippen LogP contribution in [0.5, 0.6) is 11.5 Å². The molecule has 0 fully saturated rings. The maximum absolute atomic E-state index is 12.0. The van der Waals surface area contributed by atoms with Crippen LogP contribution in [0.3, 0.4) is 0 Å². The van der Waals surface area contributed by atoms with Crippen LogP contribution in [0.4, 0.5) is 5.69 Å². The van der Waals surface area contributed by atoms with Crippen molar-refractivity contribution in [3.05, 3.63) is 58.1 Å². The summed E-state index contributed by atoms with van der Waals surface area (Å²) in [7, 11) is -2.76. The number of sulfonamides is 1. The fourth-order valence-electron chi connectivity index (χ4n) is 1.75. The molecule has 0 aromatic heterocycles. The Balaban J connectivity index is 2.47. The Bertz CT molecular complexity index is 862. The fourth-order valence-corrected chi connectivity index (χ4v) is 2.63. The second-order valence-electron chi connectivity index (χ2n) is 4.37.